The second-order valence-corrected chi connectivity index (χ2v) is 8.87. The van der Waals surface area contributed by atoms with Crippen molar-refractivity contribution in [2.75, 3.05) is 13.1 Å². The second-order valence-electron chi connectivity index (χ2n) is 7.87. The third-order valence-corrected chi connectivity index (χ3v) is 6.34. The molecule has 5 rings (SSSR count). The summed E-state index contributed by atoms with van der Waals surface area (Å²) >= 11 is 0.890. The number of hydrogen-bond acceptors (Lipinski definition) is 6. The van der Waals surface area contributed by atoms with E-state index in [4.69, 9.17) is 0 Å². The zero-order valence-corrected chi connectivity index (χ0v) is 19.9. The van der Waals surface area contributed by atoms with Crippen molar-refractivity contribution in [1.29, 1.82) is 0 Å². The van der Waals surface area contributed by atoms with Gasteiger partial charge in [-0.2, -0.15) is 0 Å². The molecule has 0 bridgehead atoms. The number of thioether (sulfide) groups is 1. The smallest absolute Gasteiger partial charge is 0.293 e. The Morgan fingerprint density at radius 2 is 1.53 bits per heavy atom. The molecule has 1 N–H and O–H groups in total. The van der Waals surface area contributed by atoms with Crippen LogP contribution in [-0.4, -0.2) is 49.8 Å². The largest absolute Gasteiger partial charge is 0.347 e. The van der Waals surface area contributed by atoms with Gasteiger partial charge in [0.05, 0.1) is 10.6 Å². The first-order valence-corrected chi connectivity index (χ1v) is 12.1. The second kappa shape index (κ2) is 10.4. The van der Waals surface area contributed by atoms with Gasteiger partial charge in [0, 0.05) is 18.7 Å². The average molecular weight is 496 g/mol. The van der Waals surface area contributed by atoms with E-state index in [-0.39, 0.29) is 30.1 Å². The number of nitrogens with one attached hydrogen (secondary N) is 1. The van der Waals surface area contributed by atoms with E-state index in [0.29, 0.717) is 10.7 Å². The summed E-state index contributed by atoms with van der Waals surface area (Å²) in [7, 11) is 0. The van der Waals surface area contributed by atoms with Gasteiger partial charge < -0.3 is 5.32 Å². The highest BCUT2D eigenvalue weighted by molar-refractivity contribution is 8.18. The van der Waals surface area contributed by atoms with Crippen LogP contribution in [0, 0.1) is 0 Å². The van der Waals surface area contributed by atoms with E-state index >= 15 is 0 Å². The predicted molar refractivity (Wildman–Crippen MR) is 138 cm³/mol. The van der Waals surface area contributed by atoms with Gasteiger partial charge in [0.25, 0.3) is 17.1 Å². The van der Waals surface area contributed by atoms with Gasteiger partial charge in [-0.25, -0.2) is 9.67 Å². The molecule has 1 aromatic heterocycles. The van der Waals surface area contributed by atoms with Crippen molar-refractivity contribution in [1.82, 2.24) is 25.0 Å². The van der Waals surface area contributed by atoms with Crippen LogP contribution in [0.25, 0.3) is 23.2 Å². The highest BCUT2D eigenvalue weighted by Gasteiger charge is 2.34. The van der Waals surface area contributed by atoms with Crippen LogP contribution in [0.5, 0.6) is 0 Å². The normalized spacial score (nSPS) is 14.4. The molecule has 36 heavy (non-hydrogen) atoms. The van der Waals surface area contributed by atoms with Gasteiger partial charge in [0.1, 0.15) is 0 Å². The number of hydrogen-bond donors (Lipinski definition) is 1. The molecule has 9 heteroatoms. The quantitative estimate of drug-likeness (QED) is 0.382. The Labute approximate surface area is 211 Å². The van der Waals surface area contributed by atoms with Crippen molar-refractivity contribution in [3.8, 4) is 17.1 Å². The molecule has 178 valence electrons. The van der Waals surface area contributed by atoms with Gasteiger partial charge in [-0.05, 0) is 35.5 Å². The molecular formula is C27H21N5O3S. The number of carbonyl (C=O) groups is 3. The average Bonchev–Trinajstić information content (AvgIpc) is 3.48. The number of carbonyl (C=O) groups excluding carboxylic acids is 3. The zero-order chi connectivity index (χ0) is 24.9. The molecule has 0 unspecified atom stereocenters. The SMILES string of the molecule is O=C(NCCN1C(=O)SC(=Cc2ccccc2)C1=O)c1nc(-c2ccccc2)n(-c2ccccc2)n1. The molecule has 0 saturated carbocycles. The molecule has 0 atom stereocenters. The third kappa shape index (κ3) is 4.96. The fourth-order valence-electron chi connectivity index (χ4n) is 3.69. The topological polar surface area (TPSA) is 97.2 Å². The van der Waals surface area contributed by atoms with Crippen LogP contribution in [0.4, 0.5) is 4.79 Å². The predicted octanol–water partition coefficient (Wildman–Crippen LogP) is 4.40. The maximum Gasteiger partial charge on any atom is 0.293 e. The van der Waals surface area contributed by atoms with Crippen LogP contribution < -0.4 is 5.32 Å². The Hall–Kier alpha value is -4.50. The fourth-order valence-corrected chi connectivity index (χ4v) is 4.55. The molecule has 3 aromatic carbocycles. The molecule has 3 amide bonds. The number of nitrogens with zero attached hydrogens (tertiary/aromatic N) is 4. The summed E-state index contributed by atoms with van der Waals surface area (Å²) in [6.07, 6.45) is 1.69. The van der Waals surface area contributed by atoms with E-state index in [1.807, 2.05) is 91.0 Å². The molecule has 1 fully saturated rings. The van der Waals surface area contributed by atoms with Crippen LogP contribution >= 0.6 is 11.8 Å². The first-order chi connectivity index (χ1) is 17.6. The van der Waals surface area contributed by atoms with Crippen LogP contribution in [0.2, 0.25) is 0 Å². The van der Waals surface area contributed by atoms with Crippen molar-refractivity contribution in [3.05, 3.63) is 107 Å². The van der Waals surface area contributed by atoms with Crippen molar-refractivity contribution < 1.29 is 14.4 Å². The Kier molecular flexibility index (Phi) is 6.72. The minimum atomic E-state index is -0.492. The van der Waals surface area contributed by atoms with Gasteiger partial charge in [0.15, 0.2) is 5.82 Å². The van der Waals surface area contributed by atoms with Gasteiger partial charge in [0.2, 0.25) is 5.82 Å². The maximum absolute atomic E-state index is 12.9. The van der Waals surface area contributed by atoms with Gasteiger partial charge in [-0.15, -0.1) is 5.10 Å². The van der Waals surface area contributed by atoms with Gasteiger partial charge in [-0.3, -0.25) is 19.3 Å². The molecule has 1 aliphatic heterocycles. The van der Waals surface area contributed by atoms with Crippen LogP contribution in [0.1, 0.15) is 16.2 Å². The third-order valence-electron chi connectivity index (χ3n) is 5.43. The Morgan fingerprint density at radius 3 is 2.22 bits per heavy atom. The summed E-state index contributed by atoms with van der Waals surface area (Å²) in [6, 6.07) is 28.2. The molecule has 0 spiro atoms. The first kappa shape index (κ1) is 23.3. The van der Waals surface area contributed by atoms with Crippen molar-refractivity contribution in [2.24, 2.45) is 0 Å². The van der Waals surface area contributed by atoms with Gasteiger partial charge >= 0.3 is 0 Å². The summed E-state index contributed by atoms with van der Waals surface area (Å²) < 4.78 is 1.62. The van der Waals surface area contributed by atoms with Crippen LogP contribution in [-0.2, 0) is 4.79 Å². The molecule has 2 heterocycles. The molecule has 1 saturated heterocycles. The van der Waals surface area contributed by atoms with E-state index in [1.54, 1.807) is 10.8 Å². The number of aromatic nitrogens is 3. The highest BCUT2D eigenvalue weighted by Crippen LogP contribution is 2.31. The van der Waals surface area contributed by atoms with Crippen LogP contribution in [0.15, 0.2) is 95.9 Å². The molecular weight excluding hydrogens is 474 g/mol. The zero-order valence-electron chi connectivity index (χ0n) is 19.1. The van der Waals surface area contributed by atoms with E-state index in [0.717, 1.165) is 33.5 Å². The fraction of sp³-hybridized carbons (Fsp3) is 0.0741. The number of benzene rings is 3. The van der Waals surface area contributed by atoms with E-state index in [1.165, 1.54) is 0 Å². The lowest BCUT2D eigenvalue weighted by molar-refractivity contribution is -0.122. The molecule has 0 aliphatic carbocycles. The highest BCUT2D eigenvalue weighted by atomic mass is 32.2. The van der Waals surface area contributed by atoms with Crippen LogP contribution in [0.3, 0.4) is 0 Å². The van der Waals surface area contributed by atoms with E-state index in [2.05, 4.69) is 15.4 Å². The maximum atomic E-state index is 12.9. The van der Waals surface area contributed by atoms with Crippen molar-refractivity contribution >= 4 is 34.9 Å². The van der Waals surface area contributed by atoms with E-state index in [9.17, 15) is 14.4 Å². The Bertz CT molecular complexity index is 1380. The Morgan fingerprint density at radius 1 is 0.889 bits per heavy atom. The summed E-state index contributed by atoms with van der Waals surface area (Å²) in [5.41, 5.74) is 2.42. The number of para-hydroxylation sites is 1. The number of amides is 3. The Balaban J connectivity index is 1.28. The molecule has 0 radical (unpaired) electrons. The summed E-state index contributed by atoms with van der Waals surface area (Å²) in [5, 5.41) is 6.79. The number of imide groups is 1. The standard InChI is InChI=1S/C27H21N5O3S/c33-25(28-16-17-31-26(34)22(36-27(31)35)18-19-10-4-1-5-11-19)23-29-24(20-12-6-2-7-13-20)32(30-23)21-14-8-3-9-15-21/h1-15,18H,16-17H2,(H,28,33). The lowest BCUT2D eigenvalue weighted by Gasteiger charge is -2.12. The minimum Gasteiger partial charge on any atom is -0.347 e. The molecule has 8 nitrogen and oxygen atoms in total. The minimum absolute atomic E-state index is 0.00387. The van der Waals surface area contributed by atoms with Crippen molar-refractivity contribution in [2.45, 2.75) is 0 Å². The lowest BCUT2D eigenvalue weighted by Crippen LogP contribution is -2.37. The summed E-state index contributed by atoms with van der Waals surface area (Å²) in [4.78, 5) is 43.9. The number of rotatable bonds is 7. The van der Waals surface area contributed by atoms with Crippen molar-refractivity contribution in [3.63, 3.8) is 0 Å². The molecule has 4 aromatic rings. The lowest BCUT2D eigenvalue weighted by atomic mass is 10.2. The summed E-state index contributed by atoms with van der Waals surface area (Å²) in [5.74, 6) is -0.339. The molecule has 1 aliphatic rings. The van der Waals surface area contributed by atoms with E-state index < -0.39 is 5.91 Å². The van der Waals surface area contributed by atoms with Gasteiger partial charge in [-0.1, -0.05) is 78.9 Å². The monoisotopic (exact) mass is 495 g/mol. The first-order valence-electron chi connectivity index (χ1n) is 11.3. The summed E-state index contributed by atoms with van der Waals surface area (Å²) in [6.45, 7) is 0.128.